The summed E-state index contributed by atoms with van der Waals surface area (Å²) in [5, 5.41) is 9.37. The monoisotopic (exact) mass is 460 g/mol. The van der Waals surface area contributed by atoms with E-state index in [4.69, 9.17) is 4.74 Å². The van der Waals surface area contributed by atoms with Gasteiger partial charge in [0.1, 0.15) is 17.3 Å². The van der Waals surface area contributed by atoms with Crippen molar-refractivity contribution in [1.29, 1.82) is 5.26 Å². The van der Waals surface area contributed by atoms with Crippen LogP contribution in [0.2, 0.25) is 0 Å². The molecule has 0 aliphatic carbocycles. The number of aryl methyl sites for hydroxylation is 1. The minimum Gasteiger partial charge on any atom is -0.475 e. The molecule has 8 nitrogen and oxygen atoms in total. The van der Waals surface area contributed by atoms with E-state index in [1.165, 1.54) is 0 Å². The lowest BCUT2D eigenvalue weighted by molar-refractivity contribution is 0.119. The molecule has 0 bridgehead atoms. The number of pyridine rings is 3. The molecule has 3 aromatic heterocycles. The Balaban J connectivity index is 1.61. The van der Waals surface area contributed by atoms with Gasteiger partial charge in [0, 0.05) is 56.6 Å². The molecule has 1 fully saturated rings. The van der Waals surface area contributed by atoms with Gasteiger partial charge in [-0.1, -0.05) is 6.07 Å². The van der Waals surface area contributed by atoms with Crippen LogP contribution in [0.5, 0.6) is 5.88 Å². The van der Waals surface area contributed by atoms with Crippen molar-refractivity contribution in [1.82, 2.24) is 19.4 Å². The van der Waals surface area contributed by atoms with Gasteiger partial charge < -0.3 is 14.2 Å². The lowest BCUT2D eigenvalue weighted by Gasteiger charge is -2.47. The highest BCUT2D eigenvalue weighted by molar-refractivity contribution is 5.89. The highest BCUT2D eigenvalue weighted by Crippen LogP contribution is 2.32. The van der Waals surface area contributed by atoms with E-state index in [0.29, 0.717) is 17.1 Å². The van der Waals surface area contributed by atoms with Crippen LogP contribution < -0.4 is 15.2 Å². The van der Waals surface area contributed by atoms with Crippen LogP contribution in [-0.2, 0) is 7.05 Å². The maximum absolute atomic E-state index is 12.7. The van der Waals surface area contributed by atoms with Gasteiger partial charge in [-0.25, -0.2) is 9.97 Å². The Morgan fingerprint density at radius 2 is 1.88 bits per heavy atom. The summed E-state index contributed by atoms with van der Waals surface area (Å²) in [6, 6.07) is 11.8. The average Bonchev–Trinajstić information content (AvgIpc) is 2.82. The van der Waals surface area contributed by atoms with Gasteiger partial charge in [-0.3, -0.25) is 9.69 Å². The van der Waals surface area contributed by atoms with E-state index in [0.717, 1.165) is 29.9 Å². The quantitative estimate of drug-likeness (QED) is 0.574. The third-order valence-corrected chi connectivity index (χ3v) is 6.62. The molecule has 4 rings (SSSR count). The zero-order chi connectivity index (χ0) is 24.6. The number of nitriles is 1. The standard InChI is InChI=1S/C26H32N6O2/c1-16(2)34-24-10-7-20(13-28-24)19(5)31-14-18(4)32(15-17(31)3)23-11-25(33)30(6)22-9-8-21(12-27)29-26(22)23/h7-11,13,16-19H,14-15H2,1-6H3/t17?,18-,19?/m0/s1. The molecule has 1 aliphatic heterocycles. The van der Waals surface area contributed by atoms with E-state index >= 15 is 0 Å². The van der Waals surface area contributed by atoms with Crippen molar-refractivity contribution < 1.29 is 4.74 Å². The Kier molecular flexibility index (Phi) is 6.58. The number of hydrogen-bond acceptors (Lipinski definition) is 7. The molecule has 2 unspecified atom stereocenters. The third-order valence-electron chi connectivity index (χ3n) is 6.62. The normalized spacial score (nSPS) is 19.9. The second-order valence-electron chi connectivity index (χ2n) is 9.42. The van der Waals surface area contributed by atoms with Crippen molar-refractivity contribution in [3.8, 4) is 11.9 Å². The van der Waals surface area contributed by atoms with Crippen molar-refractivity contribution in [2.75, 3.05) is 18.0 Å². The van der Waals surface area contributed by atoms with Crippen molar-refractivity contribution in [2.24, 2.45) is 7.05 Å². The van der Waals surface area contributed by atoms with Gasteiger partial charge in [-0.2, -0.15) is 5.26 Å². The first-order chi connectivity index (χ1) is 16.2. The molecule has 34 heavy (non-hydrogen) atoms. The Labute approximate surface area is 200 Å². The third kappa shape index (κ3) is 4.48. The Morgan fingerprint density at radius 3 is 2.53 bits per heavy atom. The van der Waals surface area contributed by atoms with E-state index in [-0.39, 0.29) is 29.8 Å². The fourth-order valence-corrected chi connectivity index (χ4v) is 4.76. The molecular weight excluding hydrogens is 428 g/mol. The summed E-state index contributed by atoms with van der Waals surface area (Å²) in [6.45, 7) is 12.1. The van der Waals surface area contributed by atoms with Gasteiger partial charge >= 0.3 is 0 Å². The molecule has 3 atom stereocenters. The van der Waals surface area contributed by atoms with E-state index in [1.807, 2.05) is 26.1 Å². The van der Waals surface area contributed by atoms with Crippen LogP contribution in [0.25, 0.3) is 11.0 Å². The van der Waals surface area contributed by atoms with Gasteiger partial charge in [-0.05, 0) is 52.3 Å². The maximum Gasteiger partial charge on any atom is 0.252 e. The first-order valence-electron chi connectivity index (χ1n) is 11.8. The molecule has 8 heteroatoms. The van der Waals surface area contributed by atoms with Crippen LogP contribution in [0.15, 0.2) is 41.3 Å². The summed E-state index contributed by atoms with van der Waals surface area (Å²) in [4.78, 5) is 26.5. The predicted octanol–water partition coefficient (Wildman–Crippen LogP) is 3.65. The molecule has 4 heterocycles. The van der Waals surface area contributed by atoms with Gasteiger partial charge in [-0.15, -0.1) is 0 Å². The molecule has 0 saturated carbocycles. The summed E-state index contributed by atoms with van der Waals surface area (Å²) in [7, 11) is 1.74. The van der Waals surface area contributed by atoms with Crippen LogP contribution in [0.4, 0.5) is 5.69 Å². The van der Waals surface area contributed by atoms with Gasteiger partial charge in [0.05, 0.1) is 17.3 Å². The number of hydrogen-bond donors (Lipinski definition) is 0. The number of fused-ring (bicyclic) bond motifs is 1. The minimum atomic E-state index is -0.0839. The fraction of sp³-hybridized carbons (Fsp3) is 0.462. The lowest BCUT2D eigenvalue weighted by atomic mass is 10.0. The van der Waals surface area contributed by atoms with Crippen molar-refractivity contribution in [3.05, 3.63) is 58.1 Å². The molecule has 0 N–H and O–H groups in total. The summed E-state index contributed by atoms with van der Waals surface area (Å²) in [5.41, 5.74) is 3.61. The Bertz CT molecular complexity index is 1280. The zero-order valence-electron chi connectivity index (χ0n) is 20.7. The number of nitrogens with zero attached hydrogens (tertiary/aromatic N) is 6. The maximum atomic E-state index is 12.7. The molecule has 0 aromatic carbocycles. The SMILES string of the molecule is CC(C)Oc1ccc(C(C)N2C[C@H](C)N(c3cc(=O)n(C)c4ccc(C#N)nc34)CC2C)cn1. The topological polar surface area (TPSA) is 87.3 Å². The molecule has 1 aliphatic rings. The number of rotatable bonds is 5. The molecule has 0 spiro atoms. The second kappa shape index (κ2) is 9.43. The zero-order valence-corrected chi connectivity index (χ0v) is 20.7. The Morgan fingerprint density at radius 1 is 1.12 bits per heavy atom. The highest BCUT2D eigenvalue weighted by atomic mass is 16.5. The van der Waals surface area contributed by atoms with Crippen LogP contribution in [-0.4, -0.2) is 50.7 Å². The van der Waals surface area contributed by atoms with E-state index < -0.39 is 0 Å². The number of aromatic nitrogens is 3. The highest BCUT2D eigenvalue weighted by Gasteiger charge is 2.33. The molecule has 178 valence electrons. The summed E-state index contributed by atoms with van der Waals surface area (Å²) in [5.74, 6) is 0.638. The summed E-state index contributed by atoms with van der Waals surface area (Å²) < 4.78 is 7.26. The van der Waals surface area contributed by atoms with Gasteiger partial charge in [0.15, 0.2) is 0 Å². The molecular formula is C26H32N6O2. The fourth-order valence-electron chi connectivity index (χ4n) is 4.76. The minimum absolute atomic E-state index is 0.0839. The van der Waals surface area contributed by atoms with Crippen LogP contribution in [0.1, 0.15) is 51.9 Å². The van der Waals surface area contributed by atoms with Crippen LogP contribution >= 0.6 is 0 Å². The predicted molar refractivity (Wildman–Crippen MR) is 133 cm³/mol. The smallest absolute Gasteiger partial charge is 0.252 e. The Hall–Kier alpha value is -3.44. The van der Waals surface area contributed by atoms with Crippen molar-refractivity contribution in [3.63, 3.8) is 0 Å². The lowest BCUT2D eigenvalue weighted by Crippen LogP contribution is -2.57. The van der Waals surface area contributed by atoms with Gasteiger partial charge in [0.2, 0.25) is 5.88 Å². The molecule has 0 radical (unpaired) electrons. The van der Waals surface area contributed by atoms with E-state index in [9.17, 15) is 10.1 Å². The summed E-state index contributed by atoms with van der Waals surface area (Å²) >= 11 is 0. The first-order valence-corrected chi connectivity index (χ1v) is 11.8. The summed E-state index contributed by atoms with van der Waals surface area (Å²) in [6.07, 6.45) is 1.99. The van der Waals surface area contributed by atoms with Crippen molar-refractivity contribution >= 4 is 16.7 Å². The number of piperazine rings is 1. The van der Waals surface area contributed by atoms with Gasteiger partial charge in [0.25, 0.3) is 5.56 Å². The van der Waals surface area contributed by atoms with Crippen LogP contribution in [0, 0.1) is 11.3 Å². The average molecular weight is 461 g/mol. The number of anilines is 1. The molecule has 1 saturated heterocycles. The van der Waals surface area contributed by atoms with E-state index in [1.54, 1.807) is 29.8 Å². The first kappa shape index (κ1) is 23.7. The van der Waals surface area contributed by atoms with E-state index in [2.05, 4.69) is 52.7 Å². The molecule has 3 aromatic rings. The second-order valence-corrected chi connectivity index (χ2v) is 9.42. The van der Waals surface area contributed by atoms with Crippen LogP contribution in [0.3, 0.4) is 0 Å². The largest absolute Gasteiger partial charge is 0.475 e. The number of ether oxygens (including phenoxy) is 1. The molecule has 0 amide bonds. The van der Waals surface area contributed by atoms with Crippen molar-refractivity contribution in [2.45, 2.75) is 58.8 Å².